The smallest absolute Gasteiger partial charge is 0.333 e. The van der Waals surface area contributed by atoms with E-state index in [2.05, 4.69) is 6.58 Å². The van der Waals surface area contributed by atoms with Gasteiger partial charge >= 0.3 is 5.69 Å². The van der Waals surface area contributed by atoms with Gasteiger partial charge in [0.1, 0.15) is 11.4 Å². The Balaban J connectivity index is 1.92. The summed E-state index contributed by atoms with van der Waals surface area (Å²) in [5.74, 6) is 0.495. The van der Waals surface area contributed by atoms with E-state index in [4.69, 9.17) is 0 Å². The van der Waals surface area contributed by atoms with Crippen LogP contribution in [0.4, 0.5) is 5.82 Å². The van der Waals surface area contributed by atoms with Gasteiger partial charge < -0.3 is 4.90 Å². The van der Waals surface area contributed by atoms with Gasteiger partial charge in [0.25, 0.3) is 5.56 Å². The molecule has 0 amide bonds. The normalized spacial score (nSPS) is 17.4. The van der Waals surface area contributed by atoms with E-state index in [0.29, 0.717) is 31.6 Å². The van der Waals surface area contributed by atoms with Crippen molar-refractivity contribution in [2.75, 3.05) is 11.4 Å². The molecule has 1 aromatic carbocycles. The first-order valence-corrected chi connectivity index (χ1v) is 12.9. The van der Waals surface area contributed by atoms with Gasteiger partial charge in [0.05, 0.1) is 0 Å². The molecule has 0 atom stereocenters. The summed E-state index contributed by atoms with van der Waals surface area (Å²) in [6, 6.07) is 9.90. The highest BCUT2D eigenvalue weighted by molar-refractivity contribution is 5.82. The van der Waals surface area contributed by atoms with Crippen LogP contribution in [0.2, 0.25) is 0 Å². The fourth-order valence-corrected chi connectivity index (χ4v) is 5.71. The van der Waals surface area contributed by atoms with E-state index < -0.39 is 5.56 Å². The van der Waals surface area contributed by atoms with Crippen molar-refractivity contribution in [3.8, 4) is 0 Å². The summed E-state index contributed by atoms with van der Waals surface area (Å²) in [6.07, 6.45) is 13.1. The molecule has 6 heteroatoms. The summed E-state index contributed by atoms with van der Waals surface area (Å²) in [5, 5.41) is 0. The van der Waals surface area contributed by atoms with Crippen LogP contribution < -0.4 is 16.1 Å². The van der Waals surface area contributed by atoms with Crippen LogP contribution in [0.3, 0.4) is 0 Å². The Hall–Kier alpha value is -2.89. The molecule has 2 fully saturated rings. The van der Waals surface area contributed by atoms with Crippen molar-refractivity contribution in [1.82, 2.24) is 9.13 Å². The quantitative estimate of drug-likeness (QED) is 0.368. The fraction of sp³-hybridized carbons (Fsp3) is 0.536. The van der Waals surface area contributed by atoms with E-state index in [1.54, 1.807) is 0 Å². The van der Waals surface area contributed by atoms with Gasteiger partial charge in [-0.2, -0.15) is 0 Å². The lowest BCUT2D eigenvalue weighted by Crippen LogP contribution is -2.48. The highest BCUT2D eigenvalue weighted by Crippen LogP contribution is 2.33. The monoisotopic (exact) mass is 463 g/mol. The van der Waals surface area contributed by atoms with E-state index in [-0.39, 0.29) is 23.3 Å². The van der Waals surface area contributed by atoms with Crippen molar-refractivity contribution >= 4 is 12.1 Å². The molecule has 0 spiro atoms. The summed E-state index contributed by atoms with van der Waals surface area (Å²) in [6.45, 7) is 4.97. The molecule has 1 heterocycles. The fourth-order valence-electron chi connectivity index (χ4n) is 5.71. The Morgan fingerprint density at radius 2 is 1.47 bits per heavy atom. The Labute approximate surface area is 201 Å². The second-order valence-electron chi connectivity index (χ2n) is 9.75. The van der Waals surface area contributed by atoms with Gasteiger partial charge in [-0.15, -0.1) is 6.58 Å². The molecule has 0 N–H and O–H groups in total. The SMILES string of the molecule is C=CCCN(Cc1ccccc1)c1c(C=O)c(=O)n(C2CCCCC2)c(=O)n1C1CCCCC1. The number of nitrogens with zero attached hydrogens (tertiary/aromatic N) is 3. The first kappa shape index (κ1) is 24.2. The predicted octanol–water partition coefficient (Wildman–Crippen LogP) is 5.42. The Kier molecular flexibility index (Phi) is 8.20. The summed E-state index contributed by atoms with van der Waals surface area (Å²) >= 11 is 0. The molecular formula is C28H37N3O3. The number of benzene rings is 1. The second-order valence-corrected chi connectivity index (χ2v) is 9.75. The third-order valence-electron chi connectivity index (χ3n) is 7.45. The molecular weight excluding hydrogens is 426 g/mol. The molecule has 2 saturated carbocycles. The standard InChI is InChI=1S/C28H37N3O3/c1-2-3-19-29(20-22-13-7-4-8-14-22)26-25(21-32)27(33)31(24-17-11-6-12-18-24)28(34)30(26)23-15-9-5-10-16-23/h2,4,7-8,13-14,21,23-24H,1,3,5-6,9-12,15-20H2. The van der Waals surface area contributed by atoms with Crippen molar-refractivity contribution in [2.24, 2.45) is 0 Å². The van der Waals surface area contributed by atoms with Crippen LogP contribution in [-0.4, -0.2) is 22.0 Å². The molecule has 1 aromatic heterocycles. The van der Waals surface area contributed by atoms with Crippen LogP contribution in [0.15, 0.2) is 52.6 Å². The summed E-state index contributed by atoms with van der Waals surface area (Å²) < 4.78 is 3.25. The zero-order valence-electron chi connectivity index (χ0n) is 20.2. The molecule has 0 aliphatic heterocycles. The molecule has 0 saturated heterocycles. The van der Waals surface area contributed by atoms with Gasteiger partial charge in [-0.1, -0.05) is 74.9 Å². The molecule has 2 aliphatic carbocycles. The summed E-state index contributed by atoms with van der Waals surface area (Å²) in [4.78, 5) is 42.3. The third kappa shape index (κ3) is 5.11. The van der Waals surface area contributed by atoms with Gasteiger partial charge in [0.2, 0.25) is 0 Å². The molecule has 6 nitrogen and oxygen atoms in total. The lowest BCUT2D eigenvalue weighted by molar-refractivity contribution is 0.111. The first-order valence-electron chi connectivity index (χ1n) is 12.9. The molecule has 0 bridgehead atoms. The average molecular weight is 464 g/mol. The number of carbonyl (C=O) groups is 1. The number of hydrogen-bond acceptors (Lipinski definition) is 4. The van der Waals surface area contributed by atoms with Crippen LogP contribution in [0.5, 0.6) is 0 Å². The van der Waals surface area contributed by atoms with E-state index in [9.17, 15) is 14.4 Å². The zero-order chi connectivity index (χ0) is 23.9. The van der Waals surface area contributed by atoms with Crippen LogP contribution in [0.25, 0.3) is 0 Å². The van der Waals surface area contributed by atoms with Crippen molar-refractivity contribution in [1.29, 1.82) is 0 Å². The Morgan fingerprint density at radius 3 is 2.03 bits per heavy atom. The van der Waals surface area contributed by atoms with Crippen LogP contribution in [0, 0.1) is 0 Å². The van der Waals surface area contributed by atoms with Crippen molar-refractivity contribution < 1.29 is 4.79 Å². The molecule has 182 valence electrons. The molecule has 4 rings (SSSR count). The maximum absolute atomic E-state index is 14.1. The topological polar surface area (TPSA) is 64.3 Å². The van der Waals surface area contributed by atoms with Crippen LogP contribution >= 0.6 is 0 Å². The van der Waals surface area contributed by atoms with Gasteiger partial charge in [0.15, 0.2) is 6.29 Å². The minimum atomic E-state index is -0.425. The van der Waals surface area contributed by atoms with Gasteiger partial charge in [-0.05, 0) is 37.7 Å². The number of anilines is 1. The number of aromatic nitrogens is 2. The van der Waals surface area contributed by atoms with E-state index in [1.807, 2.05) is 45.9 Å². The minimum absolute atomic E-state index is 0.00685. The van der Waals surface area contributed by atoms with Crippen molar-refractivity contribution in [3.63, 3.8) is 0 Å². The van der Waals surface area contributed by atoms with Crippen molar-refractivity contribution in [2.45, 2.75) is 89.3 Å². The maximum atomic E-state index is 14.1. The highest BCUT2D eigenvalue weighted by Gasteiger charge is 2.31. The van der Waals surface area contributed by atoms with Crippen LogP contribution in [-0.2, 0) is 6.54 Å². The summed E-state index contributed by atoms with van der Waals surface area (Å²) in [7, 11) is 0. The number of aldehydes is 1. The highest BCUT2D eigenvalue weighted by atomic mass is 16.2. The average Bonchev–Trinajstić information content (AvgIpc) is 2.88. The predicted molar refractivity (Wildman–Crippen MR) is 137 cm³/mol. The molecule has 34 heavy (non-hydrogen) atoms. The second kappa shape index (κ2) is 11.5. The molecule has 0 radical (unpaired) electrons. The van der Waals surface area contributed by atoms with E-state index >= 15 is 0 Å². The van der Waals surface area contributed by atoms with E-state index in [1.165, 1.54) is 4.57 Å². The number of carbonyl (C=O) groups excluding carboxylic acids is 1. The lowest BCUT2D eigenvalue weighted by Gasteiger charge is -2.35. The van der Waals surface area contributed by atoms with Crippen molar-refractivity contribution in [3.05, 3.63) is 75.0 Å². The Bertz CT molecular complexity index is 1090. The third-order valence-corrected chi connectivity index (χ3v) is 7.45. The maximum Gasteiger partial charge on any atom is 0.333 e. The lowest BCUT2D eigenvalue weighted by atomic mass is 9.94. The number of rotatable bonds is 9. The molecule has 2 aliphatic rings. The van der Waals surface area contributed by atoms with Gasteiger partial charge in [-0.3, -0.25) is 18.7 Å². The largest absolute Gasteiger partial charge is 0.352 e. The molecule has 2 aromatic rings. The van der Waals surface area contributed by atoms with E-state index in [0.717, 1.165) is 69.8 Å². The van der Waals surface area contributed by atoms with Gasteiger partial charge in [-0.25, -0.2) is 4.79 Å². The minimum Gasteiger partial charge on any atom is -0.352 e. The Morgan fingerprint density at radius 1 is 0.882 bits per heavy atom. The van der Waals surface area contributed by atoms with Gasteiger partial charge in [0, 0.05) is 25.2 Å². The van der Waals surface area contributed by atoms with Crippen LogP contribution in [0.1, 0.15) is 98.6 Å². The molecule has 0 unspecified atom stereocenters. The number of hydrogen-bond donors (Lipinski definition) is 0. The summed E-state index contributed by atoms with van der Waals surface area (Å²) in [5.41, 5.74) is 0.532. The zero-order valence-corrected chi connectivity index (χ0v) is 20.2. The first-order chi connectivity index (χ1) is 16.7.